The number of rotatable bonds is 2. The summed E-state index contributed by atoms with van der Waals surface area (Å²) in [6, 6.07) is 6.89. The fraction of sp³-hybridized carbons (Fsp3) is 0.333. The molecule has 0 heterocycles. The van der Waals surface area contributed by atoms with Crippen molar-refractivity contribution in [1.82, 2.24) is 0 Å². The van der Waals surface area contributed by atoms with Gasteiger partial charge in [-0.25, -0.2) is 0 Å². The molecule has 0 amide bonds. The van der Waals surface area contributed by atoms with E-state index in [4.69, 9.17) is 11.5 Å². The number of nitrogens with two attached hydrogens (primary N) is 2. The fourth-order valence-corrected chi connectivity index (χ4v) is 1.04. The molecule has 0 fully saturated rings. The highest BCUT2D eigenvalue weighted by Crippen LogP contribution is 2.16. The molecule has 1 unspecified atom stereocenters. The van der Waals surface area contributed by atoms with Crippen molar-refractivity contribution in [1.29, 1.82) is 0 Å². The van der Waals surface area contributed by atoms with Gasteiger partial charge in [0.1, 0.15) is 0 Å². The Morgan fingerprint density at radius 2 is 2.08 bits per heavy atom. The summed E-state index contributed by atoms with van der Waals surface area (Å²) in [7, 11) is 0. The van der Waals surface area contributed by atoms with Crippen molar-refractivity contribution in [2.75, 3.05) is 5.73 Å². The van der Waals surface area contributed by atoms with Crippen molar-refractivity contribution in [3.8, 4) is 0 Å². The van der Waals surface area contributed by atoms with Gasteiger partial charge >= 0.3 is 0 Å². The van der Waals surface area contributed by atoms with Crippen molar-refractivity contribution in [3.05, 3.63) is 29.8 Å². The molecule has 0 saturated heterocycles. The SMILES string of the molecule is CC(O)[C@@H](N)c1cccc(N)c1. The molecular formula is C9H14N2O. The second-order valence-electron chi connectivity index (χ2n) is 2.94. The second-order valence-corrected chi connectivity index (χ2v) is 2.94. The van der Waals surface area contributed by atoms with Gasteiger partial charge in [-0.15, -0.1) is 0 Å². The molecule has 0 bridgehead atoms. The monoisotopic (exact) mass is 166 g/mol. The third kappa shape index (κ3) is 1.96. The van der Waals surface area contributed by atoms with Gasteiger partial charge in [0, 0.05) is 5.69 Å². The molecule has 1 aromatic rings. The highest BCUT2D eigenvalue weighted by atomic mass is 16.3. The number of aliphatic hydroxyl groups excluding tert-OH is 1. The summed E-state index contributed by atoms with van der Waals surface area (Å²) in [5, 5.41) is 9.20. The van der Waals surface area contributed by atoms with E-state index in [2.05, 4.69) is 0 Å². The van der Waals surface area contributed by atoms with E-state index in [1.165, 1.54) is 0 Å². The molecule has 0 radical (unpaired) electrons. The molecule has 0 aliphatic carbocycles. The molecule has 0 spiro atoms. The number of nitrogen functional groups attached to an aromatic ring is 1. The Balaban J connectivity index is 2.88. The third-order valence-electron chi connectivity index (χ3n) is 1.82. The predicted octanol–water partition coefficient (Wildman–Crippen LogP) is 0.649. The molecule has 0 aliphatic rings. The van der Waals surface area contributed by atoms with E-state index < -0.39 is 6.10 Å². The highest BCUT2D eigenvalue weighted by molar-refractivity contribution is 5.41. The molecule has 0 saturated carbocycles. The normalized spacial score (nSPS) is 15.6. The minimum atomic E-state index is -0.549. The van der Waals surface area contributed by atoms with Crippen LogP contribution in [0.15, 0.2) is 24.3 Å². The lowest BCUT2D eigenvalue weighted by atomic mass is 10.0. The standard InChI is InChI=1S/C9H14N2O/c1-6(12)9(11)7-3-2-4-8(10)5-7/h2-6,9,12H,10-11H2,1H3/t6?,9-/m1/s1. The molecule has 1 aromatic carbocycles. The first-order valence-electron chi connectivity index (χ1n) is 3.90. The maximum atomic E-state index is 9.20. The zero-order valence-electron chi connectivity index (χ0n) is 7.07. The van der Waals surface area contributed by atoms with Gasteiger partial charge in [0.2, 0.25) is 0 Å². The van der Waals surface area contributed by atoms with Gasteiger partial charge in [0.25, 0.3) is 0 Å². The van der Waals surface area contributed by atoms with E-state index >= 15 is 0 Å². The predicted molar refractivity (Wildman–Crippen MR) is 49.5 cm³/mol. The summed E-state index contributed by atoms with van der Waals surface area (Å²) in [6.07, 6.45) is -0.549. The lowest BCUT2D eigenvalue weighted by molar-refractivity contribution is 0.164. The van der Waals surface area contributed by atoms with Crippen LogP contribution in [0.3, 0.4) is 0 Å². The topological polar surface area (TPSA) is 72.3 Å². The van der Waals surface area contributed by atoms with E-state index in [0.29, 0.717) is 5.69 Å². The van der Waals surface area contributed by atoms with Gasteiger partial charge in [-0.2, -0.15) is 0 Å². The van der Waals surface area contributed by atoms with Gasteiger partial charge in [-0.1, -0.05) is 12.1 Å². The van der Waals surface area contributed by atoms with Crippen molar-refractivity contribution in [2.24, 2.45) is 5.73 Å². The molecule has 5 N–H and O–H groups in total. The van der Waals surface area contributed by atoms with Crippen molar-refractivity contribution < 1.29 is 5.11 Å². The summed E-state index contributed by atoms with van der Waals surface area (Å²) >= 11 is 0. The Kier molecular flexibility index (Phi) is 2.68. The lowest BCUT2D eigenvalue weighted by Gasteiger charge is -2.14. The third-order valence-corrected chi connectivity index (χ3v) is 1.82. The molecule has 2 atom stereocenters. The molecule has 3 heteroatoms. The van der Waals surface area contributed by atoms with Crippen LogP contribution in [0, 0.1) is 0 Å². The molecular weight excluding hydrogens is 152 g/mol. The highest BCUT2D eigenvalue weighted by Gasteiger charge is 2.11. The van der Waals surface area contributed by atoms with Crippen LogP contribution in [0.4, 0.5) is 5.69 Å². The van der Waals surface area contributed by atoms with Crippen LogP contribution in [0.1, 0.15) is 18.5 Å². The van der Waals surface area contributed by atoms with Crippen LogP contribution in [0.25, 0.3) is 0 Å². The maximum Gasteiger partial charge on any atom is 0.0704 e. The maximum absolute atomic E-state index is 9.20. The molecule has 66 valence electrons. The summed E-state index contributed by atoms with van der Waals surface area (Å²) in [4.78, 5) is 0. The van der Waals surface area contributed by atoms with E-state index in [1.807, 2.05) is 12.1 Å². The Hall–Kier alpha value is -1.06. The van der Waals surface area contributed by atoms with Gasteiger partial charge < -0.3 is 16.6 Å². The van der Waals surface area contributed by atoms with Crippen molar-refractivity contribution >= 4 is 5.69 Å². The first kappa shape index (κ1) is 9.03. The van der Waals surface area contributed by atoms with Crippen LogP contribution in [0.2, 0.25) is 0 Å². The fourth-order valence-electron chi connectivity index (χ4n) is 1.04. The van der Waals surface area contributed by atoms with E-state index in [9.17, 15) is 5.11 Å². The van der Waals surface area contributed by atoms with Gasteiger partial charge in [0.05, 0.1) is 12.1 Å². The van der Waals surface area contributed by atoms with Crippen molar-refractivity contribution in [2.45, 2.75) is 19.1 Å². The van der Waals surface area contributed by atoms with Crippen molar-refractivity contribution in [3.63, 3.8) is 0 Å². The van der Waals surface area contributed by atoms with Gasteiger partial charge in [-0.05, 0) is 24.6 Å². The molecule has 0 aromatic heterocycles. The number of hydrogen-bond donors (Lipinski definition) is 3. The largest absolute Gasteiger partial charge is 0.399 e. The van der Waals surface area contributed by atoms with E-state index in [-0.39, 0.29) is 6.04 Å². The number of aliphatic hydroxyl groups is 1. The lowest BCUT2D eigenvalue weighted by Crippen LogP contribution is -2.23. The number of hydrogen-bond acceptors (Lipinski definition) is 3. The zero-order chi connectivity index (χ0) is 9.14. The zero-order valence-corrected chi connectivity index (χ0v) is 7.07. The first-order chi connectivity index (χ1) is 5.61. The van der Waals surface area contributed by atoms with E-state index in [0.717, 1.165) is 5.56 Å². The average Bonchev–Trinajstić information content (AvgIpc) is 2.03. The minimum Gasteiger partial charge on any atom is -0.399 e. The van der Waals surface area contributed by atoms with Crippen LogP contribution < -0.4 is 11.5 Å². The molecule has 12 heavy (non-hydrogen) atoms. The first-order valence-corrected chi connectivity index (χ1v) is 3.90. The van der Waals surface area contributed by atoms with Crippen LogP contribution in [-0.2, 0) is 0 Å². The number of benzene rings is 1. The smallest absolute Gasteiger partial charge is 0.0704 e. The van der Waals surface area contributed by atoms with E-state index in [1.54, 1.807) is 19.1 Å². The summed E-state index contributed by atoms with van der Waals surface area (Å²) in [5.41, 5.74) is 12.8. The van der Waals surface area contributed by atoms with Crippen LogP contribution in [-0.4, -0.2) is 11.2 Å². The molecule has 3 nitrogen and oxygen atoms in total. The summed E-state index contributed by atoms with van der Waals surface area (Å²) in [5.74, 6) is 0. The molecule has 0 aliphatic heterocycles. The molecule has 1 rings (SSSR count). The van der Waals surface area contributed by atoms with Crippen LogP contribution in [0.5, 0.6) is 0 Å². The Morgan fingerprint density at radius 3 is 2.58 bits per heavy atom. The Morgan fingerprint density at radius 1 is 1.42 bits per heavy atom. The van der Waals surface area contributed by atoms with Crippen LogP contribution >= 0.6 is 0 Å². The van der Waals surface area contributed by atoms with Gasteiger partial charge in [-0.3, -0.25) is 0 Å². The second kappa shape index (κ2) is 3.56. The Labute approximate surface area is 72.0 Å². The Bertz CT molecular complexity index is 260. The summed E-state index contributed by atoms with van der Waals surface area (Å²) in [6.45, 7) is 1.66. The number of anilines is 1. The average molecular weight is 166 g/mol. The minimum absolute atomic E-state index is 0.353. The summed E-state index contributed by atoms with van der Waals surface area (Å²) < 4.78 is 0. The van der Waals surface area contributed by atoms with Gasteiger partial charge in [0.15, 0.2) is 0 Å². The quantitative estimate of drug-likeness (QED) is 0.565.